The van der Waals surface area contributed by atoms with Crippen LogP contribution in [0.3, 0.4) is 0 Å². The number of carboxylic acids is 1. The Bertz CT molecular complexity index is 772. The third-order valence-electron chi connectivity index (χ3n) is 4.55. The van der Waals surface area contributed by atoms with Gasteiger partial charge in [-0.2, -0.15) is 0 Å². The van der Waals surface area contributed by atoms with Gasteiger partial charge in [0, 0.05) is 17.0 Å². The largest absolute Gasteiger partial charge is 0.478 e. The summed E-state index contributed by atoms with van der Waals surface area (Å²) in [7, 11) is 0. The van der Waals surface area contributed by atoms with Crippen LogP contribution in [0, 0.1) is 0 Å². The summed E-state index contributed by atoms with van der Waals surface area (Å²) in [6.07, 6.45) is 3.14. The summed E-state index contributed by atoms with van der Waals surface area (Å²) >= 11 is 12.4. The van der Waals surface area contributed by atoms with Crippen molar-refractivity contribution in [2.75, 3.05) is 0 Å². The van der Waals surface area contributed by atoms with Crippen molar-refractivity contribution in [3.63, 3.8) is 0 Å². The third kappa shape index (κ3) is 1.48. The quantitative estimate of drug-likeness (QED) is 0.837. The molecule has 5 heteroatoms. The molecule has 1 heterocycles. The predicted octanol–water partition coefficient (Wildman–Crippen LogP) is 4.60. The van der Waals surface area contributed by atoms with Crippen LogP contribution in [0.25, 0.3) is 10.9 Å². The number of aromatic nitrogens is 1. The zero-order chi connectivity index (χ0) is 14.0. The van der Waals surface area contributed by atoms with E-state index in [9.17, 15) is 9.90 Å². The highest BCUT2D eigenvalue weighted by Gasteiger charge is 2.42. The van der Waals surface area contributed by atoms with Crippen molar-refractivity contribution >= 4 is 40.1 Å². The lowest BCUT2D eigenvalue weighted by molar-refractivity contribution is 0.0697. The van der Waals surface area contributed by atoms with Crippen LogP contribution in [-0.2, 0) is 0 Å². The molecule has 2 aliphatic rings. The minimum atomic E-state index is -0.939. The van der Waals surface area contributed by atoms with Crippen LogP contribution in [-0.4, -0.2) is 16.1 Å². The van der Waals surface area contributed by atoms with Gasteiger partial charge in [0.05, 0.1) is 21.1 Å². The van der Waals surface area contributed by atoms with Crippen LogP contribution in [0.2, 0.25) is 10.0 Å². The molecule has 1 saturated carbocycles. The summed E-state index contributed by atoms with van der Waals surface area (Å²) in [4.78, 5) is 16.4. The molecule has 2 bridgehead atoms. The van der Waals surface area contributed by atoms with Gasteiger partial charge >= 0.3 is 5.97 Å². The van der Waals surface area contributed by atoms with Gasteiger partial charge in [-0.05, 0) is 42.9 Å². The molecule has 1 aromatic heterocycles. The highest BCUT2D eigenvalue weighted by atomic mass is 35.5. The molecule has 1 N–H and O–H groups in total. The van der Waals surface area contributed by atoms with E-state index in [0.29, 0.717) is 38.3 Å². The fraction of sp³-hybridized carbons (Fsp3) is 0.333. The zero-order valence-electron chi connectivity index (χ0n) is 10.5. The van der Waals surface area contributed by atoms with E-state index < -0.39 is 5.97 Å². The SMILES string of the molecule is O=C(O)c1c2c(nc3c(Cl)ccc(Cl)c13)C1CCC2C1. The fourth-order valence-corrected chi connectivity index (χ4v) is 4.22. The first kappa shape index (κ1) is 12.4. The number of carboxylic acid groups (broad SMARTS) is 1. The molecule has 102 valence electrons. The molecule has 1 aromatic carbocycles. The van der Waals surface area contributed by atoms with Crippen molar-refractivity contribution in [2.24, 2.45) is 0 Å². The Balaban J connectivity index is 2.21. The molecule has 0 saturated heterocycles. The van der Waals surface area contributed by atoms with Crippen molar-refractivity contribution < 1.29 is 9.90 Å². The smallest absolute Gasteiger partial charge is 0.336 e. The molecule has 4 rings (SSSR count). The van der Waals surface area contributed by atoms with E-state index in [-0.39, 0.29) is 0 Å². The number of fused-ring (bicyclic) bond motifs is 6. The summed E-state index contributed by atoms with van der Waals surface area (Å²) in [5.41, 5.74) is 2.65. The lowest BCUT2D eigenvalue weighted by atomic mass is 9.89. The van der Waals surface area contributed by atoms with E-state index in [1.54, 1.807) is 12.1 Å². The molecule has 1 fully saturated rings. The van der Waals surface area contributed by atoms with Crippen molar-refractivity contribution in [1.29, 1.82) is 0 Å². The standard InChI is InChI=1S/C15H11Cl2NO2/c16-8-3-4-9(17)14-11(8)12(15(19)20)10-6-1-2-7(5-6)13(10)18-14/h3-4,6-7H,1-2,5H2,(H,19,20). The normalized spacial score (nSPS) is 23.3. The number of halogens is 2. The third-order valence-corrected chi connectivity index (χ3v) is 5.17. The molecular weight excluding hydrogens is 297 g/mol. The first-order chi connectivity index (χ1) is 9.58. The number of hydrogen-bond acceptors (Lipinski definition) is 2. The summed E-state index contributed by atoms with van der Waals surface area (Å²) in [6, 6.07) is 3.31. The molecule has 2 aliphatic carbocycles. The number of hydrogen-bond donors (Lipinski definition) is 1. The van der Waals surface area contributed by atoms with E-state index in [1.165, 1.54) is 0 Å². The lowest BCUT2D eigenvalue weighted by Gasteiger charge is -2.19. The maximum Gasteiger partial charge on any atom is 0.336 e. The van der Waals surface area contributed by atoms with Gasteiger partial charge in [0.15, 0.2) is 0 Å². The molecule has 2 aromatic rings. The summed E-state index contributed by atoms with van der Waals surface area (Å²) in [6.45, 7) is 0. The average molecular weight is 308 g/mol. The minimum absolute atomic E-state index is 0.310. The van der Waals surface area contributed by atoms with E-state index in [2.05, 4.69) is 4.98 Å². The average Bonchev–Trinajstić information content (AvgIpc) is 3.02. The van der Waals surface area contributed by atoms with Gasteiger partial charge in [-0.25, -0.2) is 4.79 Å². The van der Waals surface area contributed by atoms with E-state index >= 15 is 0 Å². The zero-order valence-corrected chi connectivity index (χ0v) is 12.0. The van der Waals surface area contributed by atoms with Crippen molar-refractivity contribution in [2.45, 2.75) is 31.1 Å². The maximum absolute atomic E-state index is 11.8. The van der Waals surface area contributed by atoms with Crippen LogP contribution in [0.1, 0.15) is 52.7 Å². The first-order valence-electron chi connectivity index (χ1n) is 6.62. The van der Waals surface area contributed by atoms with E-state index in [1.807, 2.05) is 0 Å². The fourth-order valence-electron chi connectivity index (χ4n) is 3.77. The Labute approximate surface area is 125 Å². The Kier molecular flexibility index (Phi) is 2.54. The highest BCUT2D eigenvalue weighted by Crippen LogP contribution is 2.55. The minimum Gasteiger partial charge on any atom is -0.478 e. The Hall–Kier alpha value is -1.32. The number of aromatic carboxylic acids is 1. The molecule has 0 aliphatic heterocycles. The van der Waals surface area contributed by atoms with Crippen molar-refractivity contribution in [3.8, 4) is 0 Å². The predicted molar refractivity (Wildman–Crippen MR) is 78.1 cm³/mol. The van der Waals surface area contributed by atoms with Crippen molar-refractivity contribution in [3.05, 3.63) is 39.0 Å². The van der Waals surface area contributed by atoms with Gasteiger partial charge in [-0.15, -0.1) is 0 Å². The second kappa shape index (κ2) is 4.09. The maximum atomic E-state index is 11.8. The van der Waals surface area contributed by atoms with Crippen LogP contribution in [0.4, 0.5) is 0 Å². The first-order valence-corrected chi connectivity index (χ1v) is 7.38. The summed E-state index contributed by atoms with van der Waals surface area (Å²) in [5.74, 6) is -0.244. The monoisotopic (exact) mass is 307 g/mol. The van der Waals surface area contributed by atoms with Crippen LogP contribution in [0.15, 0.2) is 12.1 Å². The van der Waals surface area contributed by atoms with Gasteiger partial charge in [0.1, 0.15) is 0 Å². The number of carbonyl (C=O) groups is 1. The van der Waals surface area contributed by atoms with Gasteiger partial charge in [0.2, 0.25) is 0 Å². The topological polar surface area (TPSA) is 50.2 Å². The van der Waals surface area contributed by atoms with E-state index in [4.69, 9.17) is 23.2 Å². The van der Waals surface area contributed by atoms with Gasteiger partial charge in [0.25, 0.3) is 0 Å². The Morgan fingerprint density at radius 2 is 1.90 bits per heavy atom. The van der Waals surface area contributed by atoms with Crippen LogP contribution >= 0.6 is 23.2 Å². The number of nitrogens with zero attached hydrogens (tertiary/aromatic N) is 1. The number of rotatable bonds is 1. The number of benzene rings is 1. The second-order valence-corrected chi connectivity index (χ2v) is 6.36. The highest BCUT2D eigenvalue weighted by molar-refractivity contribution is 6.41. The number of pyridine rings is 1. The molecular formula is C15H11Cl2NO2. The van der Waals surface area contributed by atoms with Crippen LogP contribution in [0.5, 0.6) is 0 Å². The molecule has 2 atom stereocenters. The van der Waals surface area contributed by atoms with Gasteiger partial charge in [-0.1, -0.05) is 23.2 Å². The second-order valence-electron chi connectivity index (χ2n) is 5.55. The lowest BCUT2D eigenvalue weighted by Crippen LogP contribution is -2.11. The molecule has 0 spiro atoms. The van der Waals surface area contributed by atoms with Gasteiger partial charge < -0.3 is 5.11 Å². The summed E-state index contributed by atoms with van der Waals surface area (Å²) < 4.78 is 0. The molecule has 20 heavy (non-hydrogen) atoms. The Morgan fingerprint density at radius 3 is 2.65 bits per heavy atom. The van der Waals surface area contributed by atoms with Gasteiger partial charge in [-0.3, -0.25) is 4.98 Å². The molecule has 0 radical (unpaired) electrons. The Morgan fingerprint density at radius 1 is 1.20 bits per heavy atom. The van der Waals surface area contributed by atoms with Crippen molar-refractivity contribution in [1.82, 2.24) is 4.98 Å². The summed E-state index contributed by atoms with van der Waals surface area (Å²) in [5, 5.41) is 11.0. The van der Waals surface area contributed by atoms with Crippen LogP contribution < -0.4 is 0 Å². The molecule has 0 amide bonds. The molecule has 2 unspecified atom stereocenters. The molecule has 3 nitrogen and oxygen atoms in total. The van der Waals surface area contributed by atoms with E-state index in [0.717, 1.165) is 30.5 Å².